The molecule has 0 saturated heterocycles. The Morgan fingerprint density at radius 2 is 1.75 bits per heavy atom. The fourth-order valence-electron chi connectivity index (χ4n) is 5.36. The molecule has 0 heterocycles. The lowest BCUT2D eigenvalue weighted by molar-refractivity contribution is 0.272. The second kappa shape index (κ2) is 1.61. The quantitative estimate of drug-likeness (QED) is 0.622. The minimum atomic E-state index is 0.475. The number of hydrogen-bond donors (Lipinski definition) is 1. The molecule has 0 spiro atoms. The van der Waals surface area contributed by atoms with Gasteiger partial charge in [-0.05, 0) is 61.2 Å². The van der Waals surface area contributed by atoms with E-state index in [0.717, 1.165) is 23.7 Å². The number of rotatable bonds is 1. The molecule has 5 aliphatic carbocycles. The molecular weight excluding hydrogens is 146 g/mol. The van der Waals surface area contributed by atoms with Gasteiger partial charge in [-0.25, -0.2) is 0 Å². The molecule has 6 bridgehead atoms. The highest BCUT2D eigenvalue weighted by atomic mass is 14.8. The first-order valence-electron chi connectivity index (χ1n) is 5.54. The summed E-state index contributed by atoms with van der Waals surface area (Å²) >= 11 is 0. The summed E-state index contributed by atoms with van der Waals surface area (Å²) in [6.45, 7) is 2.22. The minimum absolute atomic E-state index is 0.475. The van der Waals surface area contributed by atoms with E-state index >= 15 is 0 Å². The molecule has 8 unspecified atom stereocenters. The molecule has 5 aliphatic rings. The van der Waals surface area contributed by atoms with Crippen LogP contribution in [0.2, 0.25) is 0 Å². The van der Waals surface area contributed by atoms with Crippen LogP contribution < -0.4 is 5.73 Å². The Labute approximate surface area is 73.7 Å². The molecule has 66 valence electrons. The van der Waals surface area contributed by atoms with Crippen LogP contribution in [0.1, 0.15) is 19.8 Å². The first-order valence-corrected chi connectivity index (χ1v) is 5.54. The average molecular weight is 163 g/mol. The maximum Gasteiger partial charge on any atom is 0.00417 e. The Bertz CT molecular complexity index is 247. The largest absolute Gasteiger partial charge is 0.328 e. The summed E-state index contributed by atoms with van der Waals surface area (Å²) in [6, 6.07) is 0.475. The van der Waals surface area contributed by atoms with Crippen LogP contribution in [0.15, 0.2) is 0 Å². The van der Waals surface area contributed by atoms with Crippen molar-refractivity contribution >= 4 is 0 Å². The monoisotopic (exact) mass is 163 g/mol. The molecule has 0 radical (unpaired) electrons. The van der Waals surface area contributed by atoms with Crippen LogP contribution in [-0.2, 0) is 0 Å². The Morgan fingerprint density at radius 3 is 2.25 bits per heavy atom. The Kier molecular flexibility index (Phi) is 0.863. The lowest BCUT2D eigenvalue weighted by atomic mass is 9.84. The molecular formula is C11H17N. The van der Waals surface area contributed by atoms with Crippen molar-refractivity contribution in [2.24, 2.45) is 47.2 Å². The molecule has 5 rings (SSSR count). The van der Waals surface area contributed by atoms with Gasteiger partial charge in [0.25, 0.3) is 0 Å². The van der Waals surface area contributed by atoms with Gasteiger partial charge >= 0.3 is 0 Å². The van der Waals surface area contributed by atoms with Gasteiger partial charge in [-0.1, -0.05) is 0 Å². The predicted molar refractivity (Wildman–Crippen MR) is 47.3 cm³/mol. The Balaban J connectivity index is 1.74. The van der Waals surface area contributed by atoms with Crippen molar-refractivity contribution in [3.05, 3.63) is 0 Å². The van der Waals surface area contributed by atoms with Crippen LogP contribution in [0.3, 0.4) is 0 Å². The van der Waals surface area contributed by atoms with Crippen molar-refractivity contribution in [2.45, 2.75) is 25.8 Å². The molecule has 5 saturated carbocycles. The van der Waals surface area contributed by atoms with Gasteiger partial charge in [0, 0.05) is 6.04 Å². The van der Waals surface area contributed by atoms with Gasteiger partial charge in [0.05, 0.1) is 0 Å². The van der Waals surface area contributed by atoms with Gasteiger partial charge in [0.15, 0.2) is 0 Å². The van der Waals surface area contributed by atoms with E-state index in [1.165, 1.54) is 24.2 Å². The highest BCUT2D eigenvalue weighted by molar-refractivity contribution is 5.25. The highest BCUT2D eigenvalue weighted by Crippen LogP contribution is 2.82. The number of hydrogen-bond acceptors (Lipinski definition) is 1. The van der Waals surface area contributed by atoms with Gasteiger partial charge in [0.2, 0.25) is 0 Å². The third kappa shape index (κ3) is 0.454. The van der Waals surface area contributed by atoms with Crippen LogP contribution in [0.25, 0.3) is 0 Å². The van der Waals surface area contributed by atoms with Crippen molar-refractivity contribution in [3.63, 3.8) is 0 Å². The van der Waals surface area contributed by atoms with E-state index in [0.29, 0.717) is 6.04 Å². The van der Waals surface area contributed by atoms with E-state index in [2.05, 4.69) is 6.92 Å². The first kappa shape index (κ1) is 6.42. The summed E-state index contributed by atoms with van der Waals surface area (Å²) < 4.78 is 0. The van der Waals surface area contributed by atoms with Crippen LogP contribution in [0, 0.1) is 41.4 Å². The molecule has 1 nitrogen and oxygen atoms in total. The Hall–Kier alpha value is -0.0400. The second-order valence-corrected chi connectivity index (χ2v) is 5.72. The van der Waals surface area contributed by atoms with Gasteiger partial charge in [-0.15, -0.1) is 0 Å². The molecule has 8 atom stereocenters. The summed E-state index contributed by atoms with van der Waals surface area (Å²) in [5.41, 5.74) is 6.05. The van der Waals surface area contributed by atoms with E-state index in [1.54, 1.807) is 6.42 Å². The fraction of sp³-hybridized carbons (Fsp3) is 1.00. The minimum Gasteiger partial charge on any atom is -0.328 e. The average Bonchev–Trinajstić information content (AvgIpc) is 2.45. The zero-order chi connectivity index (χ0) is 8.03. The molecule has 5 fully saturated rings. The SMILES string of the molecule is CC(N)C1CC2C3CC4C2C4C13. The predicted octanol–water partition coefficient (Wildman–Crippen LogP) is 1.48. The summed E-state index contributed by atoms with van der Waals surface area (Å²) in [7, 11) is 0. The van der Waals surface area contributed by atoms with Crippen LogP contribution in [0.5, 0.6) is 0 Å². The molecule has 1 heteroatoms. The molecule has 0 amide bonds. The highest BCUT2D eigenvalue weighted by Gasteiger charge is 2.77. The van der Waals surface area contributed by atoms with Gasteiger partial charge in [0.1, 0.15) is 0 Å². The standard InChI is InChI=1S/C11H17N/c1-4(12)5-2-6-7-3-8-10(6)11(8)9(5)7/h4-11H,2-3,12H2,1H3. The second-order valence-electron chi connectivity index (χ2n) is 5.72. The van der Waals surface area contributed by atoms with E-state index in [4.69, 9.17) is 5.73 Å². The normalized spacial score (nSPS) is 72.0. The third-order valence-corrected chi connectivity index (χ3v) is 5.53. The molecule has 0 aromatic heterocycles. The number of nitrogens with two attached hydrogens (primary N) is 1. The summed E-state index contributed by atoms with van der Waals surface area (Å²) in [6.07, 6.45) is 3.08. The zero-order valence-electron chi connectivity index (χ0n) is 7.61. The summed E-state index contributed by atoms with van der Waals surface area (Å²) in [5.74, 6) is 7.84. The van der Waals surface area contributed by atoms with E-state index < -0.39 is 0 Å². The van der Waals surface area contributed by atoms with Gasteiger partial charge in [-0.2, -0.15) is 0 Å². The van der Waals surface area contributed by atoms with E-state index in [-0.39, 0.29) is 0 Å². The van der Waals surface area contributed by atoms with Crippen LogP contribution in [0.4, 0.5) is 0 Å². The van der Waals surface area contributed by atoms with Crippen LogP contribution in [-0.4, -0.2) is 6.04 Å². The van der Waals surface area contributed by atoms with E-state index in [9.17, 15) is 0 Å². The molecule has 0 aromatic carbocycles. The maximum atomic E-state index is 6.05. The molecule has 2 N–H and O–H groups in total. The topological polar surface area (TPSA) is 26.0 Å². The fourth-order valence-corrected chi connectivity index (χ4v) is 5.36. The van der Waals surface area contributed by atoms with E-state index in [1.807, 2.05) is 0 Å². The van der Waals surface area contributed by atoms with Crippen molar-refractivity contribution in [3.8, 4) is 0 Å². The maximum absolute atomic E-state index is 6.05. The summed E-state index contributed by atoms with van der Waals surface area (Å²) in [5, 5.41) is 0. The first-order chi connectivity index (χ1) is 5.79. The lowest BCUT2D eigenvalue weighted by Crippen LogP contribution is -2.31. The van der Waals surface area contributed by atoms with Crippen LogP contribution >= 0.6 is 0 Å². The summed E-state index contributed by atoms with van der Waals surface area (Å²) in [4.78, 5) is 0. The smallest absolute Gasteiger partial charge is 0.00417 e. The van der Waals surface area contributed by atoms with Crippen molar-refractivity contribution < 1.29 is 0 Å². The van der Waals surface area contributed by atoms with Gasteiger partial charge in [-0.3, -0.25) is 0 Å². The van der Waals surface area contributed by atoms with Gasteiger partial charge < -0.3 is 5.73 Å². The Morgan fingerprint density at radius 1 is 1.00 bits per heavy atom. The molecule has 0 aliphatic heterocycles. The third-order valence-electron chi connectivity index (χ3n) is 5.53. The van der Waals surface area contributed by atoms with Crippen molar-refractivity contribution in [2.75, 3.05) is 0 Å². The molecule has 0 aromatic rings. The lowest BCUT2D eigenvalue weighted by Gasteiger charge is -2.24. The zero-order valence-corrected chi connectivity index (χ0v) is 7.61. The van der Waals surface area contributed by atoms with Crippen molar-refractivity contribution in [1.29, 1.82) is 0 Å². The molecule has 12 heavy (non-hydrogen) atoms. The van der Waals surface area contributed by atoms with Crippen molar-refractivity contribution in [1.82, 2.24) is 0 Å².